The van der Waals surface area contributed by atoms with Gasteiger partial charge in [-0.2, -0.15) is 0 Å². The Labute approximate surface area is 119 Å². The van der Waals surface area contributed by atoms with Gasteiger partial charge in [0.25, 0.3) is 11.8 Å². The number of rotatable bonds is 5. The Hall–Kier alpha value is -1.66. The molecule has 0 bridgehead atoms. The Bertz CT molecular complexity index is 542. The molecule has 19 heavy (non-hydrogen) atoms. The van der Waals surface area contributed by atoms with Crippen molar-refractivity contribution in [2.24, 2.45) is 0 Å². The number of anilines is 1. The largest absolute Gasteiger partial charge is 0.383 e. The van der Waals surface area contributed by atoms with E-state index in [0.717, 1.165) is 15.1 Å². The fourth-order valence-electron chi connectivity index (χ4n) is 1.71. The molecule has 0 spiro atoms. The molecular weight excluding hydrogens is 312 g/mol. The molecule has 6 heteroatoms. The topological polar surface area (TPSA) is 58.6 Å². The second kappa shape index (κ2) is 5.99. The minimum atomic E-state index is -0.331. The maximum atomic E-state index is 12.0. The first-order chi connectivity index (χ1) is 9.11. The minimum Gasteiger partial charge on any atom is -0.383 e. The first-order valence-electron chi connectivity index (χ1n) is 5.71. The number of imide groups is 1. The summed E-state index contributed by atoms with van der Waals surface area (Å²) in [4.78, 5) is 24.9. The number of halogens is 1. The van der Waals surface area contributed by atoms with Gasteiger partial charge in [0.2, 0.25) is 0 Å². The van der Waals surface area contributed by atoms with Gasteiger partial charge in [-0.3, -0.25) is 14.5 Å². The number of hydrogen-bond acceptors (Lipinski definition) is 4. The number of carbonyl (C=O) groups excluding carboxylic acids is 2. The first kappa shape index (κ1) is 13.8. The zero-order valence-corrected chi connectivity index (χ0v) is 11.9. The first-order valence-corrected chi connectivity index (χ1v) is 6.50. The number of amides is 2. The van der Waals surface area contributed by atoms with Crippen molar-refractivity contribution in [2.45, 2.75) is 0 Å². The zero-order valence-electron chi connectivity index (χ0n) is 10.4. The van der Waals surface area contributed by atoms with Crippen LogP contribution in [0.2, 0.25) is 0 Å². The predicted octanol–water partition coefficient (Wildman–Crippen LogP) is 1.76. The molecule has 0 atom stereocenters. The van der Waals surface area contributed by atoms with Crippen molar-refractivity contribution in [3.8, 4) is 0 Å². The van der Waals surface area contributed by atoms with E-state index >= 15 is 0 Å². The van der Waals surface area contributed by atoms with Crippen LogP contribution in [0, 0.1) is 0 Å². The summed E-state index contributed by atoms with van der Waals surface area (Å²) in [6.07, 6.45) is 1.30. The summed E-state index contributed by atoms with van der Waals surface area (Å²) < 4.78 is 5.77. The molecule has 1 aromatic rings. The van der Waals surface area contributed by atoms with Crippen molar-refractivity contribution >= 4 is 33.4 Å². The molecule has 0 fully saturated rings. The molecule has 0 aromatic heterocycles. The average Bonchev–Trinajstić information content (AvgIpc) is 2.62. The molecule has 5 nitrogen and oxygen atoms in total. The summed E-state index contributed by atoms with van der Waals surface area (Å²) in [5.41, 5.74) is 1.02. The van der Waals surface area contributed by atoms with Gasteiger partial charge in [-0.25, -0.2) is 0 Å². The lowest BCUT2D eigenvalue weighted by Gasteiger charge is -2.14. The molecule has 1 N–H and O–H groups in total. The molecule has 0 saturated carbocycles. The maximum absolute atomic E-state index is 12.0. The van der Waals surface area contributed by atoms with E-state index < -0.39 is 0 Å². The van der Waals surface area contributed by atoms with E-state index in [4.69, 9.17) is 4.74 Å². The molecule has 2 amide bonds. The fourth-order valence-corrected chi connectivity index (χ4v) is 2.11. The van der Waals surface area contributed by atoms with E-state index in [9.17, 15) is 9.59 Å². The highest BCUT2D eigenvalue weighted by Crippen LogP contribution is 2.20. The van der Waals surface area contributed by atoms with E-state index in [1.807, 2.05) is 24.3 Å². The second-order valence-electron chi connectivity index (χ2n) is 3.98. The maximum Gasteiger partial charge on any atom is 0.277 e. The number of nitrogens with one attached hydrogen (secondary N) is 1. The fraction of sp³-hybridized carbons (Fsp3) is 0.231. The van der Waals surface area contributed by atoms with E-state index in [2.05, 4.69) is 21.2 Å². The molecule has 100 valence electrons. The smallest absolute Gasteiger partial charge is 0.277 e. The van der Waals surface area contributed by atoms with Crippen molar-refractivity contribution in [3.63, 3.8) is 0 Å². The average molecular weight is 325 g/mol. The predicted molar refractivity (Wildman–Crippen MR) is 74.4 cm³/mol. The molecular formula is C13H13BrN2O3. The molecule has 0 unspecified atom stereocenters. The van der Waals surface area contributed by atoms with E-state index in [-0.39, 0.29) is 24.1 Å². The Kier molecular flexibility index (Phi) is 4.34. The molecule has 0 saturated heterocycles. The third kappa shape index (κ3) is 3.21. The lowest BCUT2D eigenvalue weighted by atomic mass is 10.3. The van der Waals surface area contributed by atoms with Crippen molar-refractivity contribution < 1.29 is 14.3 Å². The van der Waals surface area contributed by atoms with Crippen molar-refractivity contribution in [1.82, 2.24) is 4.90 Å². The van der Waals surface area contributed by atoms with Gasteiger partial charge in [-0.1, -0.05) is 22.0 Å². The van der Waals surface area contributed by atoms with Gasteiger partial charge in [0.1, 0.15) is 5.70 Å². The highest BCUT2D eigenvalue weighted by Gasteiger charge is 2.30. The van der Waals surface area contributed by atoms with Crippen LogP contribution in [0.5, 0.6) is 0 Å². The van der Waals surface area contributed by atoms with E-state index in [0.29, 0.717) is 6.61 Å². The van der Waals surface area contributed by atoms with Crippen LogP contribution in [0.15, 0.2) is 40.5 Å². The van der Waals surface area contributed by atoms with Gasteiger partial charge in [0.05, 0.1) is 13.2 Å². The molecule has 1 aromatic carbocycles. The minimum absolute atomic E-state index is 0.258. The van der Waals surface area contributed by atoms with Crippen LogP contribution < -0.4 is 5.32 Å². The third-order valence-electron chi connectivity index (χ3n) is 2.63. The lowest BCUT2D eigenvalue weighted by Crippen LogP contribution is -2.34. The van der Waals surface area contributed by atoms with Gasteiger partial charge in [0.15, 0.2) is 0 Å². The summed E-state index contributed by atoms with van der Waals surface area (Å²) in [5, 5.41) is 2.95. The zero-order chi connectivity index (χ0) is 13.8. The summed E-state index contributed by atoms with van der Waals surface area (Å²) in [7, 11) is 1.53. The van der Waals surface area contributed by atoms with Crippen molar-refractivity contribution in [1.29, 1.82) is 0 Å². The monoisotopic (exact) mass is 324 g/mol. The number of hydrogen-bond donors (Lipinski definition) is 1. The Morgan fingerprint density at radius 3 is 2.84 bits per heavy atom. The molecule has 1 heterocycles. The van der Waals surface area contributed by atoms with Crippen LogP contribution >= 0.6 is 15.9 Å². The standard InChI is InChI=1S/C13H13BrN2O3/c1-19-6-5-16-12(17)8-11(13(16)18)15-10-4-2-3-9(14)7-10/h2-4,7-8,15H,5-6H2,1H3. The van der Waals surface area contributed by atoms with Gasteiger partial charge in [0, 0.05) is 23.3 Å². The molecule has 1 aliphatic rings. The van der Waals surface area contributed by atoms with Gasteiger partial charge < -0.3 is 10.1 Å². The molecule has 1 aliphatic heterocycles. The highest BCUT2D eigenvalue weighted by molar-refractivity contribution is 9.10. The van der Waals surface area contributed by atoms with Crippen molar-refractivity contribution in [2.75, 3.05) is 25.6 Å². The Morgan fingerprint density at radius 1 is 1.37 bits per heavy atom. The number of carbonyl (C=O) groups is 2. The van der Waals surface area contributed by atoms with Crippen LogP contribution in [0.1, 0.15) is 0 Å². The van der Waals surface area contributed by atoms with E-state index in [1.165, 1.54) is 13.2 Å². The van der Waals surface area contributed by atoms with Crippen LogP contribution in [-0.2, 0) is 14.3 Å². The van der Waals surface area contributed by atoms with E-state index in [1.54, 1.807) is 0 Å². The summed E-state index contributed by atoms with van der Waals surface area (Å²) in [6, 6.07) is 7.38. The van der Waals surface area contributed by atoms with Crippen LogP contribution in [-0.4, -0.2) is 37.0 Å². The van der Waals surface area contributed by atoms with Crippen LogP contribution in [0.3, 0.4) is 0 Å². The van der Waals surface area contributed by atoms with Crippen molar-refractivity contribution in [3.05, 3.63) is 40.5 Å². The van der Waals surface area contributed by atoms with Crippen LogP contribution in [0.4, 0.5) is 5.69 Å². The van der Waals surface area contributed by atoms with Gasteiger partial charge in [-0.15, -0.1) is 0 Å². The summed E-state index contributed by atoms with van der Waals surface area (Å²) in [5.74, 6) is -0.651. The van der Waals surface area contributed by atoms with Gasteiger partial charge >= 0.3 is 0 Å². The highest BCUT2D eigenvalue weighted by atomic mass is 79.9. The normalized spacial score (nSPS) is 14.8. The summed E-state index contributed by atoms with van der Waals surface area (Å²) >= 11 is 3.35. The van der Waals surface area contributed by atoms with Crippen LogP contribution in [0.25, 0.3) is 0 Å². The SMILES string of the molecule is COCCN1C(=O)C=C(Nc2cccc(Br)c2)C1=O. The number of ether oxygens (including phenoxy) is 1. The third-order valence-corrected chi connectivity index (χ3v) is 3.13. The number of methoxy groups -OCH3 is 1. The lowest BCUT2D eigenvalue weighted by molar-refractivity contribution is -0.137. The molecule has 0 aliphatic carbocycles. The summed E-state index contributed by atoms with van der Waals surface area (Å²) in [6.45, 7) is 0.587. The quantitative estimate of drug-likeness (QED) is 0.838. The Morgan fingerprint density at radius 2 is 2.16 bits per heavy atom. The Balaban J connectivity index is 2.08. The second-order valence-corrected chi connectivity index (χ2v) is 4.90. The number of nitrogens with zero attached hydrogens (tertiary/aromatic N) is 1. The molecule has 0 radical (unpaired) electrons. The van der Waals surface area contributed by atoms with Gasteiger partial charge in [-0.05, 0) is 18.2 Å². The molecule has 2 rings (SSSR count). The number of benzene rings is 1.